The van der Waals surface area contributed by atoms with Crippen molar-refractivity contribution >= 4 is 5.91 Å². The molecule has 3 rings (SSSR count). The van der Waals surface area contributed by atoms with E-state index < -0.39 is 0 Å². The van der Waals surface area contributed by atoms with Crippen LogP contribution in [0.15, 0.2) is 36.7 Å². The van der Waals surface area contributed by atoms with Crippen molar-refractivity contribution in [1.82, 2.24) is 14.5 Å². The first-order valence-corrected chi connectivity index (χ1v) is 6.55. The van der Waals surface area contributed by atoms with Crippen LogP contribution in [0.25, 0.3) is 0 Å². The molecule has 0 fully saturated rings. The summed E-state index contributed by atoms with van der Waals surface area (Å²) in [5.41, 5.74) is 2.63. The molecule has 1 aromatic heterocycles. The number of amides is 1. The van der Waals surface area contributed by atoms with Gasteiger partial charge in [0.05, 0.1) is 6.42 Å². The molecule has 0 atom stereocenters. The molecule has 98 valence electrons. The largest absolute Gasteiger partial charge is 0.338 e. The second-order valence-electron chi connectivity index (χ2n) is 4.97. The highest BCUT2D eigenvalue weighted by atomic mass is 16.2. The molecule has 0 aliphatic carbocycles. The van der Waals surface area contributed by atoms with Crippen LogP contribution < -0.4 is 0 Å². The summed E-state index contributed by atoms with van der Waals surface area (Å²) in [4.78, 5) is 18.4. The Kier molecular flexibility index (Phi) is 3.07. The average Bonchev–Trinajstić information content (AvgIpc) is 2.84. The molecule has 19 heavy (non-hydrogen) atoms. The van der Waals surface area contributed by atoms with Crippen LogP contribution in [0.3, 0.4) is 0 Å². The predicted molar refractivity (Wildman–Crippen MR) is 72.5 cm³/mol. The number of rotatable bonds is 2. The van der Waals surface area contributed by atoms with Crippen molar-refractivity contribution in [3.63, 3.8) is 0 Å². The van der Waals surface area contributed by atoms with E-state index in [1.165, 1.54) is 11.1 Å². The molecule has 4 nitrogen and oxygen atoms in total. The summed E-state index contributed by atoms with van der Waals surface area (Å²) >= 11 is 0. The van der Waals surface area contributed by atoms with Gasteiger partial charge in [0.2, 0.25) is 5.91 Å². The average molecular weight is 255 g/mol. The standard InChI is InChI=1S/C15H17N3O/c1-17-9-7-16-14(17)10-15(19)18-8-6-12-4-2-3-5-13(12)11-18/h2-5,7,9H,6,8,10-11H2,1H3. The van der Waals surface area contributed by atoms with Crippen molar-refractivity contribution in [3.8, 4) is 0 Å². The minimum Gasteiger partial charge on any atom is -0.338 e. The number of fused-ring (bicyclic) bond motifs is 1. The summed E-state index contributed by atoms with van der Waals surface area (Å²) in [6.07, 6.45) is 4.93. The molecule has 1 aromatic carbocycles. The van der Waals surface area contributed by atoms with E-state index in [1.54, 1.807) is 6.20 Å². The number of aromatic nitrogens is 2. The molecule has 1 aliphatic heterocycles. The number of benzene rings is 1. The fourth-order valence-corrected chi connectivity index (χ4v) is 2.52. The third kappa shape index (κ3) is 2.38. The Balaban J connectivity index is 1.71. The van der Waals surface area contributed by atoms with Gasteiger partial charge in [0.15, 0.2) is 0 Å². The highest BCUT2D eigenvalue weighted by Gasteiger charge is 2.21. The van der Waals surface area contributed by atoms with Crippen LogP contribution >= 0.6 is 0 Å². The van der Waals surface area contributed by atoms with Crippen LogP contribution in [0.2, 0.25) is 0 Å². The molecule has 2 heterocycles. The summed E-state index contributed by atoms with van der Waals surface area (Å²) < 4.78 is 1.90. The van der Waals surface area contributed by atoms with Gasteiger partial charge in [-0.2, -0.15) is 0 Å². The predicted octanol–water partition coefficient (Wildman–Crippen LogP) is 1.55. The molecule has 0 radical (unpaired) electrons. The second kappa shape index (κ2) is 4.88. The lowest BCUT2D eigenvalue weighted by atomic mass is 10.00. The minimum absolute atomic E-state index is 0.156. The first-order valence-electron chi connectivity index (χ1n) is 6.55. The molecule has 0 N–H and O–H groups in total. The van der Waals surface area contributed by atoms with Crippen molar-refractivity contribution in [1.29, 1.82) is 0 Å². The van der Waals surface area contributed by atoms with Gasteiger partial charge in [-0.25, -0.2) is 4.98 Å². The number of carbonyl (C=O) groups is 1. The van der Waals surface area contributed by atoms with Gasteiger partial charge < -0.3 is 9.47 Å². The SMILES string of the molecule is Cn1ccnc1CC(=O)N1CCc2ccccc2C1. The summed E-state index contributed by atoms with van der Waals surface area (Å²) in [6, 6.07) is 8.35. The monoisotopic (exact) mass is 255 g/mol. The van der Waals surface area contributed by atoms with Gasteiger partial charge in [0.25, 0.3) is 0 Å². The lowest BCUT2D eigenvalue weighted by Crippen LogP contribution is -2.37. The van der Waals surface area contributed by atoms with E-state index in [-0.39, 0.29) is 5.91 Å². The molecule has 1 amide bonds. The Morgan fingerprint density at radius 3 is 2.84 bits per heavy atom. The Hall–Kier alpha value is -2.10. The number of aryl methyl sites for hydroxylation is 1. The lowest BCUT2D eigenvalue weighted by molar-refractivity contribution is -0.131. The van der Waals surface area contributed by atoms with Gasteiger partial charge in [-0.05, 0) is 17.5 Å². The third-order valence-corrected chi connectivity index (χ3v) is 3.71. The zero-order chi connectivity index (χ0) is 13.2. The van der Waals surface area contributed by atoms with E-state index in [4.69, 9.17) is 0 Å². The first-order chi connectivity index (χ1) is 9.24. The van der Waals surface area contributed by atoms with Crippen LogP contribution in [0.4, 0.5) is 0 Å². The maximum absolute atomic E-state index is 12.3. The maximum atomic E-state index is 12.3. The number of imidazole rings is 1. The second-order valence-corrected chi connectivity index (χ2v) is 4.97. The Bertz CT molecular complexity index is 603. The van der Waals surface area contributed by atoms with Crippen molar-refractivity contribution < 1.29 is 4.79 Å². The van der Waals surface area contributed by atoms with Gasteiger partial charge in [-0.3, -0.25) is 4.79 Å². The van der Waals surface area contributed by atoms with Gasteiger partial charge in [-0.15, -0.1) is 0 Å². The van der Waals surface area contributed by atoms with Gasteiger partial charge >= 0.3 is 0 Å². The fraction of sp³-hybridized carbons (Fsp3) is 0.333. The summed E-state index contributed by atoms with van der Waals surface area (Å²) in [5.74, 6) is 0.979. The molecule has 0 saturated carbocycles. The smallest absolute Gasteiger partial charge is 0.230 e. The van der Waals surface area contributed by atoms with Gasteiger partial charge in [0, 0.05) is 32.5 Å². The topological polar surface area (TPSA) is 38.1 Å². The van der Waals surface area contributed by atoms with Crippen molar-refractivity contribution in [2.75, 3.05) is 6.54 Å². The molecule has 2 aromatic rings. The molecule has 0 saturated heterocycles. The van der Waals surface area contributed by atoms with Crippen molar-refractivity contribution in [2.24, 2.45) is 7.05 Å². The first kappa shape index (κ1) is 12.0. The Morgan fingerprint density at radius 1 is 1.32 bits per heavy atom. The zero-order valence-electron chi connectivity index (χ0n) is 11.0. The van der Waals surface area contributed by atoms with E-state index in [0.717, 1.165) is 25.3 Å². The minimum atomic E-state index is 0.156. The Morgan fingerprint density at radius 2 is 2.11 bits per heavy atom. The van der Waals surface area contributed by atoms with E-state index in [0.29, 0.717) is 6.42 Å². The molecule has 0 spiro atoms. The Labute approximate surface area is 112 Å². The molecule has 0 unspecified atom stereocenters. The zero-order valence-corrected chi connectivity index (χ0v) is 11.0. The van der Waals surface area contributed by atoms with Crippen LogP contribution in [0, 0.1) is 0 Å². The third-order valence-electron chi connectivity index (χ3n) is 3.71. The van der Waals surface area contributed by atoms with Crippen LogP contribution in [-0.2, 0) is 31.2 Å². The fourth-order valence-electron chi connectivity index (χ4n) is 2.52. The van der Waals surface area contributed by atoms with E-state index in [2.05, 4.69) is 23.2 Å². The molecule has 1 aliphatic rings. The van der Waals surface area contributed by atoms with Crippen LogP contribution in [0.5, 0.6) is 0 Å². The highest BCUT2D eigenvalue weighted by Crippen LogP contribution is 2.19. The summed E-state index contributed by atoms with van der Waals surface area (Å²) in [5, 5.41) is 0. The van der Waals surface area contributed by atoms with Crippen LogP contribution in [-0.4, -0.2) is 26.9 Å². The molecule has 4 heteroatoms. The van der Waals surface area contributed by atoms with E-state index >= 15 is 0 Å². The number of carbonyl (C=O) groups excluding carboxylic acids is 1. The van der Waals surface area contributed by atoms with E-state index in [1.807, 2.05) is 28.8 Å². The highest BCUT2D eigenvalue weighted by molar-refractivity contribution is 5.78. The maximum Gasteiger partial charge on any atom is 0.230 e. The van der Waals surface area contributed by atoms with Gasteiger partial charge in [0.1, 0.15) is 5.82 Å². The van der Waals surface area contributed by atoms with Gasteiger partial charge in [-0.1, -0.05) is 24.3 Å². The quantitative estimate of drug-likeness (QED) is 0.816. The van der Waals surface area contributed by atoms with E-state index in [9.17, 15) is 4.79 Å². The molecular weight excluding hydrogens is 238 g/mol. The molecule has 0 bridgehead atoms. The number of hydrogen-bond acceptors (Lipinski definition) is 2. The van der Waals surface area contributed by atoms with Crippen molar-refractivity contribution in [3.05, 3.63) is 53.6 Å². The lowest BCUT2D eigenvalue weighted by Gasteiger charge is -2.28. The summed E-state index contributed by atoms with van der Waals surface area (Å²) in [7, 11) is 1.92. The normalized spacial score (nSPS) is 14.3. The number of nitrogens with zero attached hydrogens (tertiary/aromatic N) is 3. The summed E-state index contributed by atoms with van der Waals surface area (Å²) in [6.45, 7) is 1.53. The van der Waals surface area contributed by atoms with Crippen LogP contribution in [0.1, 0.15) is 17.0 Å². The number of hydrogen-bond donors (Lipinski definition) is 0. The van der Waals surface area contributed by atoms with Crippen molar-refractivity contribution in [2.45, 2.75) is 19.4 Å². The molecular formula is C15H17N3O.